The molecule has 0 radical (unpaired) electrons. The molecule has 144 valence electrons. The van der Waals surface area contributed by atoms with Crippen LogP contribution in [0.15, 0.2) is 0 Å². The Hall–Kier alpha value is -0.650. The minimum Gasteiger partial charge on any atom is -0.481 e. The summed E-state index contributed by atoms with van der Waals surface area (Å²) in [5, 5.41) is 36.0. The van der Waals surface area contributed by atoms with Crippen LogP contribution in [-0.4, -0.2) is 45.2 Å². The Morgan fingerprint density at radius 2 is 1.00 bits per heavy atom. The van der Waals surface area contributed by atoms with Crippen LogP contribution < -0.4 is 0 Å². The lowest BCUT2D eigenvalue weighted by Crippen LogP contribution is -2.28. The van der Waals surface area contributed by atoms with Gasteiger partial charge in [0.25, 0.3) is 0 Å². The van der Waals surface area contributed by atoms with E-state index in [4.69, 9.17) is 10.2 Å². The summed E-state index contributed by atoms with van der Waals surface area (Å²) in [7, 11) is 0. The Balaban J connectivity index is 3.11. The second-order valence-electron chi connectivity index (χ2n) is 6.85. The fourth-order valence-electron chi connectivity index (χ4n) is 2.89. The van der Waals surface area contributed by atoms with Gasteiger partial charge >= 0.3 is 5.97 Å². The molecule has 0 saturated heterocycles. The first-order chi connectivity index (χ1) is 11.6. The lowest BCUT2D eigenvalue weighted by Gasteiger charge is -2.14. The van der Waals surface area contributed by atoms with E-state index in [0.717, 1.165) is 32.1 Å². The third kappa shape index (κ3) is 16.2. The van der Waals surface area contributed by atoms with Crippen LogP contribution in [0.25, 0.3) is 0 Å². The van der Waals surface area contributed by atoms with Crippen LogP contribution in [0.2, 0.25) is 0 Å². The highest BCUT2D eigenvalue weighted by molar-refractivity contribution is 5.66. The molecule has 5 nitrogen and oxygen atoms in total. The summed E-state index contributed by atoms with van der Waals surface area (Å²) in [5.74, 6) is -0.686. The average molecular weight is 347 g/mol. The number of aliphatic hydroxyl groups excluding tert-OH is 3. The summed E-state index contributed by atoms with van der Waals surface area (Å²) in [4.78, 5) is 10.4. The predicted octanol–water partition coefficient (Wildman–Crippen LogP) is 3.64. The number of carboxylic acids is 1. The average Bonchev–Trinajstić information content (AvgIpc) is 2.57. The van der Waals surface area contributed by atoms with Crippen LogP contribution in [-0.2, 0) is 4.79 Å². The van der Waals surface area contributed by atoms with E-state index < -0.39 is 18.2 Å². The number of aliphatic hydroxyl groups is 3. The molecule has 0 aliphatic carbocycles. The maximum Gasteiger partial charge on any atom is 0.303 e. The molecule has 0 aromatic rings. The van der Waals surface area contributed by atoms with Gasteiger partial charge in [0.15, 0.2) is 0 Å². The first kappa shape index (κ1) is 23.4. The summed E-state index contributed by atoms with van der Waals surface area (Å²) in [6.07, 6.45) is 14.1. The van der Waals surface area contributed by atoms with Gasteiger partial charge in [0, 0.05) is 6.42 Å². The van der Waals surface area contributed by atoms with Gasteiger partial charge in [-0.2, -0.15) is 0 Å². The van der Waals surface area contributed by atoms with Crippen molar-refractivity contribution < 1.29 is 25.2 Å². The molecule has 4 N–H and O–H groups in total. The number of aliphatic carboxylic acids is 1. The molecule has 0 heterocycles. The van der Waals surface area contributed by atoms with Gasteiger partial charge in [-0.3, -0.25) is 4.79 Å². The molecular formula is C19H38O5. The molecule has 0 saturated carbocycles. The molecule has 2 atom stereocenters. The molecule has 0 amide bonds. The standard InChI is InChI=1S/C19H38O5/c20-16-18(22)17(21)14-12-10-8-6-4-2-1-3-5-7-9-11-13-15-19(23)24/h17-18,20-22H,1-16H2,(H,23,24). The smallest absolute Gasteiger partial charge is 0.303 e. The minimum atomic E-state index is -0.998. The monoisotopic (exact) mass is 346 g/mol. The van der Waals surface area contributed by atoms with Gasteiger partial charge in [-0.15, -0.1) is 0 Å². The highest BCUT2D eigenvalue weighted by Gasteiger charge is 2.13. The van der Waals surface area contributed by atoms with Crippen LogP contribution in [0.5, 0.6) is 0 Å². The molecular weight excluding hydrogens is 308 g/mol. The zero-order chi connectivity index (χ0) is 18.0. The fourth-order valence-corrected chi connectivity index (χ4v) is 2.89. The SMILES string of the molecule is O=C(O)CCCCCCCCCCCCCCCC(O)C(O)CO. The summed E-state index contributed by atoms with van der Waals surface area (Å²) in [6.45, 7) is -0.372. The number of hydrogen-bond donors (Lipinski definition) is 4. The Morgan fingerprint density at radius 3 is 1.38 bits per heavy atom. The lowest BCUT2D eigenvalue weighted by atomic mass is 10.0. The van der Waals surface area contributed by atoms with E-state index in [9.17, 15) is 15.0 Å². The molecule has 0 bridgehead atoms. The van der Waals surface area contributed by atoms with Crippen molar-refractivity contribution in [2.24, 2.45) is 0 Å². The molecule has 0 aliphatic heterocycles. The maximum atomic E-state index is 10.4. The molecule has 0 rings (SSSR count). The van der Waals surface area contributed by atoms with Crippen molar-refractivity contribution >= 4 is 5.97 Å². The van der Waals surface area contributed by atoms with Crippen LogP contribution in [0.4, 0.5) is 0 Å². The minimum absolute atomic E-state index is 0.307. The summed E-state index contributed by atoms with van der Waals surface area (Å²) >= 11 is 0. The zero-order valence-corrected chi connectivity index (χ0v) is 15.2. The quantitative estimate of drug-likeness (QED) is 0.284. The highest BCUT2D eigenvalue weighted by atomic mass is 16.4. The van der Waals surface area contributed by atoms with Crippen molar-refractivity contribution in [1.82, 2.24) is 0 Å². The first-order valence-electron chi connectivity index (χ1n) is 9.76. The first-order valence-corrected chi connectivity index (χ1v) is 9.76. The van der Waals surface area contributed by atoms with Crippen molar-refractivity contribution in [1.29, 1.82) is 0 Å². The molecule has 0 fully saturated rings. The Morgan fingerprint density at radius 1 is 0.625 bits per heavy atom. The van der Waals surface area contributed by atoms with Gasteiger partial charge in [0.05, 0.1) is 12.7 Å². The van der Waals surface area contributed by atoms with Gasteiger partial charge in [-0.05, 0) is 12.8 Å². The number of carboxylic acid groups (broad SMARTS) is 1. The Kier molecular flexibility index (Phi) is 16.7. The van der Waals surface area contributed by atoms with Crippen LogP contribution >= 0.6 is 0 Å². The topological polar surface area (TPSA) is 98.0 Å². The number of hydrogen-bond acceptors (Lipinski definition) is 4. The Bertz CT molecular complexity index is 283. The van der Waals surface area contributed by atoms with Gasteiger partial charge in [-0.25, -0.2) is 0 Å². The highest BCUT2D eigenvalue weighted by Crippen LogP contribution is 2.14. The maximum absolute atomic E-state index is 10.4. The van der Waals surface area contributed by atoms with Crippen LogP contribution in [0, 0.1) is 0 Å². The molecule has 0 spiro atoms. The van der Waals surface area contributed by atoms with E-state index in [1.807, 2.05) is 0 Å². The largest absolute Gasteiger partial charge is 0.481 e. The van der Waals surface area contributed by atoms with E-state index in [2.05, 4.69) is 0 Å². The number of unbranched alkanes of at least 4 members (excludes halogenated alkanes) is 12. The Labute approximate surface area is 147 Å². The van der Waals surface area contributed by atoms with E-state index in [1.54, 1.807) is 0 Å². The van der Waals surface area contributed by atoms with Gasteiger partial charge in [-0.1, -0.05) is 77.0 Å². The van der Waals surface area contributed by atoms with Crippen molar-refractivity contribution in [3.63, 3.8) is 0 Å². The molecule has 2 unspecified atom stereocenters. The summed E-state index contributed by atoms with van der Waals surface area (Å²) in [6, 6.07) is 0. The number of carbonyl (C=O) groups is 1. The van der Waals surface area contributed by atoms with Gasteiger partial charge in [0.2, 0.25) is 0 Å². The van der Waals surface area contributed by atoms with Gasteiger partial charge in [0.1, 0.15) is 6.10 Å². The van der Waals surface area contributed by atoms with Crippen molar-refractivity contribution in [3.8, 4) is 0 Å². The van der Waals surface area contributed by atoms with Crippen LogP contribution in [0.1, 0.15) is 96.3 Å². The lowest BCUT2D eigenvalue weighted by molar-refractivity contribution is -0.137. The molecule has 0 aromatic heterocycles. The fraction of sp³-hybridized carbons (Fsp3) is 0.947. The van der Waals surface area contributed by atoms with Gasteiger partial charge < -0.3 is 20.4 Å². The third-order valence-corrected chi connectivity index (χ3v) is 4.52. The second-order valence-corrected chi connectivity index (χ2v) is 6.85. The van der Waals surface area contributed by atoms with Crippen LogP contribution in [0.3, 0.4) is 0 Å². The van der Waals surface area contributed by atoms with E-state index >= 15 is 0 Å². The van der Waals surface area contributed by atoms with Crippen molar-refractivity contribution in [3.05, 3.63) is 0 Å². The van der Waals surface area contributed by atoms with E-state index in [-0.39, 0.29) is 6.61 Å². The van der Waals surface area contributed by atoms with E-state index in [1.165, 1.54) is 51.4 Å². The molecule has 0 aliphatic rings. The number of rotatable bonds is 18. The normalized spacial score (nSPS) is 13.8. The summed E-state index contributed by atoms with van der Waals surface area (Å²) in [5.41, 5.74) is 0. The molecule has 5 heteroatoms. The van der Waals surface area contributed by atoms with Crippen molar-refractivity contribution in [2.75, 3.05) is 6.61 Å². The van der Waals surface area contributed by atoms with Crippen molar-refractivity contribution in [2.45, 2.75) is 109 Å². The molecule has 24 heavy (non-hydrogen) atoms. The third-order valence-electron chi connectivity index (χ3n) is 4.52. The molecule has 0 aromatic carbocycles. The predicted molar refractivity (Wildman–Crippen MR) is 96.0 cm³/mol. The zero-order valence-electron chi connectivity index (χ0n) is 15.2. The second kappa shape index (κ2) is 17.2. The van der Waals surface area contributed by atoms with E-state index in [0.29, 0.717) is 12.8 Å². The summed E-state index contributed by atoms with van der Waals surface area (Å²) < 4.78 is 0.